The quantitative estimate of drug-likeness (QED) is 0.266. The summed E-state index contributed by atoms with van der Waals surface area (Å²) in [6, 6.07) is 18.2. The van der Waals surface area contributed by atoms with E-state index < -0.39 is 0 Å². The summed E-state index contributed by atoms with van der Waals surface area (Å²) in [6.07, 6.45) is 5.20. The molecule has 5 aromatic rings. The van der Waals surface area contributed by atoms with Gasteiger partial charge in [-0.2, -0.15) is 5.10 Å². The summed E-state index contributed by atoms with van der Waals surface area (Å²) in [5.41, 5.74) is 6.28. The van der Waals surface area contributed by atoms with Crippen LogP contribution >= 0.6 is 0 Å². The number of rotatable bonds is 7. The van der Waals surface area contributed by atoms with Crippen molar-refractivity contribution in [2.45, 2.75) is 46.1 Å². The average molecular weight is 551 g/mol. The molecule has 0 aliphatic carbocycles. The molecule has 0 saturated carbocycles. The summed E-state index contributed by atoms with van der Waals surface area (Å²) in [5.74, 6) is -0.300. The largest absolute Gasteiger partial charge is 0.373 e. The Morgan fingerprint density at radius 1 is 1.02 bits per heavy atom. The van der Waals surface area contributed by atoms with Crippen molar-refractivity contribution >= 4 is 22.5 Å². The standard InChI is InChI=1S/C32H34N6O3/c1-20-4-6-23(7-5-20)18-38-19-26(13-34-38)31(39)35-27-12-28(32(40)33-14-27)30-11-25-10-24(8-9-29(25)36-30)17-37-15-21(2)41-22(3)16-37/h4-14,19,21-22,36H,15-18H2,1-3H3,(H,33,40)(H,35,39)/t21-,22+. The number of carbonyl (C=O) groups excluding carboxylic acids is 1. The molecule has 1 aliphatic heterocycles. The first-order valence-electron chi connectivity index (χ1n) is 13.9. The van der Waals surface area contributed by atoms with Gasteiger partial charge in [-0.25, -0.2) is 0 Å². The van der Waals surface area contributed by atoms with Crippen LogP contribution < -0.4 is 10.9 Å². The van der Waals surface area contributed by atoms with E-state index in [2.05, 4.69) is 81.6 Å². The summed E-state index contributed by atoms with van der Waals surface area (Å²) >= 11 is 0. The molecule has 0 radical (unpaired) electrons. The fraction of sp³-hybridized carbons (Fsp3) is 0.281. The molecule has 9 nitrogen and oxygen atoms in total. The summed E-state index contributed by atoms with van der Waals surface area (Å²) in [7, 11) is 0. The number of hydrogen-bond donors (Lipinski definition) is 3. The number of benzene rings is 2. The lowest BCUT2D eigenvalue weighted by Gasteiger charge is -2.35. The van der Waals surface area contributed by atoms with Crippen molar-refractivity contribution in [3.05, 3.63) is 106 Å². The van der Waals surface area contributed by atoms with E-state index in [4.69, 9.17) is 4.74 Å². The molecule has 210 valence electrons. The number of nitrogens with zero attached hydrogens (tertiary/aromatic N) is 3. The Hall–Kier alpha value is -4.47. The van der Waals surface area contributed by atoms with Crippen LogP contribution in [-0.2, 0) is 17.8 Å². The lowest BCUT2D eigenvalue weighted by molar-refractivity contribution is -0.0704. The molecule has 3 aromatic heterocycles. The minimum Gasteiger partial charge on any atom is -0.373 e. The predicted octanol–water partition coefficient (Wildman–Crippen LogP) is 4.94. The number of amides is 1. The fourth-order valence-electron chi connectivity index (χ4n) is 5.50. The van der Waals surface area contributed by atoms with E-state index >= 15 is 0 Å². The molecule has 2 aromatic carbocycles. The highest BCUT2D eigenvalue weighted by molar-refractivity contribution is 6.04. The molecule has 6 rings (SSSR count). The zero-order chi connectivity index (χ0) is 28.5. The number of aryl methyl sites for hydroxylation is 1. The third-order valence-electron chi connectivity index (χ3n) is 7.40. The lowest BCUT2D eigenvalue weighted by atomic mass is 10.1. The van der Waals surface area contributed by atoms with Gasteiger partial charge in [-0.1, -0.05) is 35.9 Å². The molecule has 0 spiro atoms. The molecular formula is C32H34N6O3. The number of H-pyrrole nitrogens is 2. The normalized spacial score (nSPS) is 17.6. The first-order chi connectivity index (χ1) is 19.8. The zero-order valence-electron chi connectivity index (χ0n) is 23.5. The van der Waals surface area contributed by atoms with E-state index in [9.17, 15) is 9.59 Å². The van der Waals surface area contributed by atoms with Gasteiger partial charge in [0.2, 0.25) is 0 Å². The second kappa shape index (κ2) is 11.2. The molecule has 1 aliphatic rings. The van der Waals surface area contributed by atoms with Crippen molar-refractivity contribution in [3.8, 4) is 11.3 Å². The van der Waals surface area contributed by atoms with E-state index in [1.807, 2.05) is 13.0 Å². The van der Waals surface area contributed by atoms with Crippen molar-refractivity contribution in [1.29, 1.82) is 0 Å². The summed E-state index contributed by atoms with van der Waals surface area (Å²) < 4.78 is 7.60. The van der Waals surface area contributed by atoms with Crippen LogP contribution in [0.3, 0.4) is 0 Å². The number of pyridine rings is 1. The van der Waals surface area contributed by atoms with Gasteiger partial charge >= 0.3 is 0 Å². The Bertz CT molecular complexity index is 1740. The van der Waals surface area contributed by atoms with E-state index in [1.165, 1.54) is 17.3 Å². The molecule has 3 N–H and O–H groups in total. The number of anilines is 1. The first-order valence-corrected chi connectivity index (χ1v) is 13.9. The Labute approximate surface area is 238 Å². The molecule has 1 fully saturated rings. The van der Waals surface area contributed by atoms with Gasteiger partial charge in [-0.3, -0.25) is 19.2 Å². The molecule has 4 heterocycles. The minimum atomic E-state index is -0.300. The first kappa shape index (κ1) is 26.7. The van der Waals surface area contributed by atoms with Gasteiger partial charge in [0.1, 0.15) is 0 Å². The second-order valence-electron chi connectivity index (χ2n) is 11.1. The molecule has 1 saturated heterocycles. The number of carbonyl (C=O) groups is 1. The predicted molar refractivity (Wildman–Crippen MR) is 160 cm³/mol. The number of morpholine rings is 1. The summed E-state index contributed by atoms with van der Waals surface area (Å²) in [6.45, 7) is 9.49. The SMILES string of the molecule is Cc1ccc(Cn2cc(C(=O)Nc3c[nH]c(=O)c(-c4cc5cc(CN6C[C@@H](C)O[C@@H](C)C6)ccc5[nH]4)c3)cn2)cc1. The highest BCUT2D eigenvalue weighted by Crippen LogP contribution is 2.25. The number of nitrogens with one attached hydrogen (secondary N) is 3. The van der Waals surface area contributed by atoms with Gasteiger partial charge in [-0.15, -0.1) is 0 Å². The number of aromatic nitrogens is 4. The summed E-state index contributed by atoms with van der Waals surface area (Å²) in [4.78, 5) is 34.3. The highest BCUT2D eigenvalue weighted by atomic mass is 16.5. The molecule has 0 unspecified atom stereocenters. The van der Waals surface area contributed by atoms with Crippen molar-refractivity contribution in [2.75, 3.05) is 18.4 Å². The van der Waals surface area contributed by atoms with Gasteiger partial charge in [0.05, 0.1) is 47.5 Å². The number of aromatic amines is 2. The second-order valence-corrected chi connectivity index (χ2v) is 11.1. The fourth-order valence-corrected chi connectivity index (χ4v) is 5.50. The third-order valence-corrected chi connectivity index (χ3v) is 7.40. The van der Waals surface area contributed by atoms with Gasteiger partial charge in [0.25, 0.3) is 11.5 Å². The molecule has 0 bridgehead atoms. The van der Waals surface area contributed by atoms with Crippen molar-refractivity contribution in [2.24, 2.45) is 0 Å². The maximum Gasteiger partial charge on any atom is 0.258 e. The molecular weight excluding hydrogens is 516 g/mol. The highest BCUT2D eigenvalue weighted by Gasteiger charge is 2.22. The van der Waals surface area contributed by atoms with Crippen LogP contribution in [0.4, 0.5) is 5.69 Å². The van der Waals surface area contributed by atoms with Crippen molar-refractivity contribution < 1.29 is 9.53 Å². The van der Waals surface area contributed by atoms with Crippen molar-refractivity contribution in [3.63, 3.8) is 0 Å². The maximum atomic E-state index is 13.0. The third kappa shape index (κ3) is 6.16. The Balaban J connectivity index is 1.16. The van der Waals surface area contributed by atoms with E-state index in [0.717, 1.165) is 36.1 Å². The van der Waals surface area contributed by atoms with Crippen LogP contribution in [0.25, 0.3) is 22.2 Å². The summed E-state index contributed by atoms with van der Waals surface area (Å²) in [5, 5.41) is 8.25. The Morgan fingerprint density at radius 3 is 2.56 bits per heavy atom. The van der Waals surface area contributed by atoms with E-state index in [1.54, 1.807) is 23.1 Å². The zero-order valence-corrected chi connectivity index (χ0v) is 23.5. The van der Waals surface area contributed by atoms with Crippen LogP contribution in [-0.4, -0.2) is 55.9 Å². The van der Waals surface area contributed by atoms with Gasteiger partial charge < -0.3 is 20.0 Å². The lowest BCUT2D eigenvalue weighted by Crippen LogP contribution is -2.44. The van der Waals surface area contributed by atoms with Gasteiger partial charge in [0.15, 0.2) is 0 Å². The number of hydrogen-bond acceptors (Lipinski definition) is 5. The number of fused-ring (bicyclic) bond motifs is 1. The van der Waals surface area contributed by atoms with Crippen LogP contribution in [0.5, 0.6) is 0 Å². The molecule has 9 heteroatoms. The van der Waals surface area contributed by atoms with Crippen molar-refractivity contribution in [1.82, 2.24) is 24.6 Å². The number of ether oxygens (including phenoxy) is 1. The molecule has 2 atom stereocenters. The monoisotopic (exact) mass is 550 g/mol. The van der Waals surface area contributed by atoms with Crippen LogP contribution in [0.2, 0.25) is 0 Å². The average Bonchev–Trinajstić information content (AvgIpc) is 3.57. The molecule has 41 heavy (non-hydrogen) atoms. The Kier molecular flexibility index (Phi) is 7.30. The van der Waals surface area contributed by atoms with Gasteiger partial charge in [0, 0.05) is 42.9 Å². The van der Waals surface area contributed by atoms with Gasteiger partial charge in [-0.05, 0) is 56.2 Å². The molecule has 1 amide bonds. The van der Waals surface area contributed by atoms with Crippen LogP contribution in [0.1, 0.15) is 40.9 Å². The maximum absolute atomic E-state index is 13.0. The smallest absolute Gasteiger partial charge is 0.258 e. The Morgan fingerprint density at radius 2 is 1.78 bits per heavy atom. The van der Waals surface area contributed by atoms with Crippen LogP contribution in [0, 0.1) is 6.92 Å². The van der Waals surface area contributed by atoms with Crippen LogP contribution in [0.15, 0.2) is 78.0 Å². The van der Waals surface area contributed by atoms with E-state index in [0.29, 0.717) is 29.1 Å². The minimum absolute atomic E-state index is 0.218. The van der Waals surface area contributed by atoms with E-state index in [-0.39, 0.29) is 23.7 Å². The topological polar surface area (TPSA) is 108 Å².